The van der Waals surface area contributed by atoms with Crippen LogP contribution in [0.5, 0.6) is 0 Å². The molecule has 19 heavy (non-hydrogen) atoms. The number of ether oxygens (including phenoxy) is 1. The minimum absolute atomic E-state index is 0.246. The Hall–Kier alpha value is -1.20. The third-order valence-corrected chi connectivity index (χ3v) is 3.73. The smallest absolute Gasteiger partial charge is 0.225 e. The number of nitrogens with one attached hydrogen (secondary N) is 1. The molecule has 1 aromatic rings. The van der Waals surface area contributed by atoms with Crippen LogP contribution < -0.4 is 10.2 Å². The molecule has 0 spiro atoms. The van der Waals surface area contributed by atoms with E-state index in [1.54, 1.807) is 0 Å². The van der Waals surface area contributed by atoms with Crippen molar-refractivity contribution in [3.63, 3.8) is 0 Å². The Kier molecular flexibility index (Phi) is 3.66. The van der Waals surface area contributed by atoms with Crippen molar-refractivity contribution in [2.24, 2.45) is 0 Å². The minimum atomic E-state index is 0.246. The topological polar surface area (TPSA) is 50.3 Å². The molecular weight excluding hydrogens is 240 g/mol. The molecule has 0 aromatic carbocycles. The summed E-state index contributed by atoms with van der Waals surface area (Å²) in [4.78, 5) is 11.2. The summed E-state index contributed by atoms with van der Waals surface area (Å²) in [7, 11) is 0. The zero-order chi connectivity index (χ0) is 13.2. The molecule has 3 rings (SSSR count). The predicted molar refractivity (Wildman–Crippen MR) is 74.1 cm³/mol. The summed E-state index contributed by atoms with van der Waals surface area (Å²) in [5.41, 5.74) is 1.16. The van der Waals surface area contributed by atoms with Crippen LogP contribution in [-0.2, 0) is 11.3 Å². The highest BCUT2D eigenvalue weighted by Crippen LogP contribution is 2.20. The number of hydrogen-bond donors (Lipinski definition) is 1. The molecule has 2 fully saturated rings. The largest absolute Gasteiger partial charge is 0.375 e. The third kappa shape index (κ3) is 3.22. The van der Waals surface area contributed by atoms with Gasteiger partial charge in [0, 0.05) is 37.1 Å². The van der Waals surface area contributed by atoms with E-state index in [4.69, 9.17) is 4.74 Å². The van der Waals surface area contributed by atoms with Crippen LogP contribution in [0.2, 0.25) is 0 Å². The van der Waals surface area contributed by atoms with Crippen molar-refractivity contribution in [2.75, 3.05) is 18.1 Å². The molecule has 1 aliphatic carbocycles. The highest BCUT2D eigenvalue weighted by molar-refractivity contribution is 5.32. The van der Waals surface area contributed by atoms with Gasteiger partial charge in [-0.1, -0.05) is 0 Å². The molecule has 0 radical (unpaired) electrons. The summed E-state index contributed by atoms with van der Waals surface area (Å²) < 4.78 is 5.63. The number of nitrogens with zero attached hydrogens (tertiary/aromatic N) is 3. The number of rotatable bonds is 4. The Labute approximate surface area is 114 Å². The summed E-state index contributed by atoms with van der Waals surface area (Å²) in [6, 6.07) is 1.06. The Morgan fingerprint density at radius 1 is 1.32 bits per heavy atom. The molecule has 104 valence electrons. The van der Waals surface area contributed by atoms with Crippen molar-refractivity contribution < 1.29 is 4.74 Å². The first-order valence-electron chi connectivity index (χ1n) is 7.15. The van der Waals surface area contributed by atoms with Gasteiger partial charge in [0.2, 0.25) is 5.95 Å². The van der Waals surface area contributed by atoms with Crippen LogP contribution in [0.15, 0.2) is 12.4 Å². The Balaban J connectivity index is 1.63. The third-order valence-electron chi connectivity index (χ3n) is 3.73. The lowest BCUT2D eigenvalue weighted by Crippen LogP contribution is -2.48. The van der Waals surface area contributed by atoms with Gasteiger partial charge in [-0.2, -0.15) is 0 Å². The van der Waals surface area contributed by atoms with Crippen LogP contribution in [0.3, 0.4) is 0 Å². The molecule has 1 aromatic heterocycles. The molecule has 1 aliphatic heterocycles. The van der Waals surface area contributed by atoms with Crippen molar-refractivity contribution in [2.45, 2.75) is 51.4 Å². The second-order valence-corrected chi connectivity index (χ2v) is 5.69. The zero-order valence-electron chi connectivity index (χ0n) is 11.7. The first-order valence-corrected chi connectivity index (χ1v) is 7.15. The van der Waals surface area contributed by atoms with Gasteiger partial charge >= 0.3 is 0 Å². The molecule has 0 amide bonds. The second-order valence-electron chi connectivity index (χ2n) is 5.69. The lowest BCUT2D eigenvalue weighted by atomic mass is 10.2. The van der Waals surface area contributed by atoms with Gasteiger partial charge in [-0.25, -0.2) is 9.97 Å². The molecule has 1 saturated carbocycles. The van der Waals surface area contributed by atoms with E-state index in [1.165, 1.54) is 12.8 Å². The fourth-order valence-corrected chi connectivity index (χ4v) is 2.32. The van der Waals surface area contributed by atoms with E-state index in [0.717, 1.165) is 37.3 Å². The normalized spacial score (nSPS) is 27.6. The molecule has 5 nitrogen and oxygen atoms in total. The van der Waals surface area contributed by atoms with Gasteiger partial charge in [0.05, 0.1) is 18.8 Å². The molecule has 0 bridgehead atoms. The van der Waals surface area contributed by atoms with Crippen molar-refractivity contribution in [1.82, 2.24) is 15.3 Å². The van der Waals surface area contributed by atoms with E-state index >= 15 is 0 Å². The maximum absolute atomic E-state index is 5.63. The summed E-state index contributed by atoms with van der Waals surface area (Å²) in [5, 5.41) is 3.47. The highest BCUT2D eigenvalue weighted by atomic mass is 16.5. The Morgan fingerprint density at radius 3 is 2.74 bits per heavy atom. The average Bonchev–Trinajstić information content (AvgIpc) is 3.24. The summed E-state index contributed by atoms with van der Waals surface area (Å²) >= 11 is 0. The summed E-state index contributed by atoms with van der Waals surface area (Å²) in [5.74, 6) is 0.817. The maximum atomic E-state index is 5.63. The van der Waals surface area contributed by atoms with Crippen LogP contribution in [0.1, 0.15) is 32.3 Å². The molecular formula is C14H22N4O. The van der Waals surface area contributed by atoms with E-state index in [2.05, 4.69) is 34.0 Å². The monoisotopic (exact) mass is 262 g/mol. The van der Waals surface area contributed by atoms with Crippen LogP contribution in [0, 0.1) is 0 Å². The van der Waals surface area contributed by atoms with Crippen molar-refractivity contribution >= 4 is 5.95 Å². The number of hydrogen-bond acceptors (Lipinski definition) is 5. The molecule has 2 atom stereocenters. The first kappa shape index (κ1) is 12.8. The second kappa shape index (κ2) is 5.43. The lowest BCUT2D eigenvalue weighted by molar-refractivity contribution is 0.0337. The fraction of sp³-hybridized carbons (Fsp3) is 0.714. The number of aromatic nitrogens is 2. The molecule has 5 heteroatoms. The first-order chi connectivity index (χ1) is 9.22. The van der Waals surface area contributed by atoms with E-state index in [-0.39, 0.29) is 6.10 Å². The molecule has 2 unspecified atom stereocenters. The number of anilines is 1. The van der Waals surface area contributed by atoms with Crippen LogP contribution in [-0.4, -0.2) is 41.3 Å². The van der Waals surface area contributed by atoms with Gasteiger partial charge in [0.15, 0.2) is 0 Å². The SMILES string of the molecule is CC1CN(c2ncc(CNC3CC3)cn2)C(C)CO1. The van der Waals surface area contributed by atoms with Gasteiger partial charge in [-0.15, -0.1) is 0 Å². The zero-order valence-corrected chi connectivity index (χ0v) is 11.7. The van der Waals surface area contributed by atoms with E-state index in [1.807, 2.05) is 12.4 Å². The molecule has 1 saturated heterocycles. The van der Waals surface area contributed by atoms with E-state index in [9.17, 15) is 0 Å². The molecule has 2 aliphatic rings. The average molecular weight is 262 g/mol. The van der Waals surface area contributed by atoms with E-state index in [0.29, 0.717) is 6.04 Å². The van der Waals surface area contributed by atoms with Crippen LogP contribution in [0.4, 0.5) is 5.95 Å². The van der Waals surface area contributed by atoms with Crippen molar-refractivity contribution in [1.29, 1.82) is 0 Å². The van der Waals surface area contributed by atoms with Crippen molar-refractivity contribution in [3.05, 3.63) is 18.0 Å². The van der Waals surface area contributed by atoms with Crippen LogP contribution in [0.25, 0.3) is 0 Å². The lowest BCUT2D eigenvalue weighted by Gasteiger charge is -2.36. The van der Waals surface area contributed by atoms with Gasteiger partial charge in [0.25, 0.3) is 0 Å². The molecule has 1 N–H and O–H groups in total. The van der Waals surface area contributed by atoms with Crippen LogP contribution >= 0.6 is 0 Å². The quantitative estimate of drug-likeness (QED) is 0.887. The number of morpholine rings is 1. The fourth-order valence-electron chi connectivity index (χ4n) is 2.32. The van der Waals surface area contributed by atoms with Gasteiger partial charge in [-0.3, -0.25) is 0 Å². The standard InChI is InChI=1S/C14H22N4O/c1-10-9-19-11(2)8-18(10)14-16-6-12(7-17-14)5-15-13-3-4-13/h6-7,10-11,13,15H,3-5,8-9H2,1-2H3. The molecule has 2 heterocycles. The van der Waals surface area contributed by atoms with Gasteiger partial charge < -0.3 is 15.0 Å². The Bertz CT molecular complexity index is 418. The predicted octanol–water partition coefficient (Wildman–Crippen LogP) is 1.34. The van der Waals surface area contributed by atoms with Gasteiger partial charge in [0.1, 0.15) is 0 Å². The summed E-state index contributed by atoms with van der Waals surface area (Å²) in [6.45, 7) is 6.72. The van der Waals surface area contributed by atoms with Crippen molar-refractivity contribution in [3.8, 4) is 0 Å². The maximum Gasteiger partial charge on any atom is 0.225 e. The highest BCUT2D eigenvalue weighted by Gasteiger charge is 2.25. The minimum Gasteiger partial charge on any atom is -0.375 e. The van der Waals surface area contributed by atoms with Gasteiger partial charge in [-0.05, 0) is 26.7 Å². The summed E-state index contributed by atoms with van der Waals surface area (Å²) in [6.07, 6.45) is 6.73. The Morgan fingerprint density at radius 2 is 2.05 bits per heavy atom. The van der Waals surface area contributed by atoms with E-state index < -0.39 is 0 Å².